The van der Waals surface area contributed by atoms with Crippen molar-refractivity contribution in [1.29, 1.82) is 0 Å². The highest BCUT2D eigenvalue weighted by Crippen LogP contribution is 2.20. The van der Waals surface area contributed by atoms with E-state index in [2.05, 4.69) is 42.2 Å². The van der Waals surface area contributed by atoms with Crippen molar-refractivity contribution in [2.45, 2.75) is 141 Å². The summed E-state index contributed by atoms with van der Waals surface area (Å²) < 4.78 is 0. The summed E-state index contributed by atoms with van der Waals surface area (Å²) in [5.74, 6) is -7.76. The first-order valence-electron chi connectivity index (χ1n) is 22.8. The minimum atomic E-state index is -1.59. The fraction of sp³-hybridized carbons (Fsp3) is 0.636. The predicted molar refractivity (Wildman–Crippen MR) is 250 cm³/mol. The van der Waals surface area contributed by atoms with Crippen molar-refractivity contribution >= 4 is 59.1 Å². The molecule has 1 aromatic carbocycles. The summed E-state index contributed by atoms with van der Waals surface area (Å²) in [7, 11) is 0. The number of amides is 9. The second kappa shape index (κ2) is 28.7. The molecule has 2 rings (SSSR count). The molecule has 0 aromatic heterocycles. The number of carbonyl (C=O) groups excluding carboxylic acids is 9. The van der Waals surface area contributed by atoms with Crippen molar-refractivity contribution in [3.05, 3.63) is 35.9 Å². The van der Waals surface area contributed by atoms with Crippen LogP contribution in [0.3, 0.4) is 0 Å². The molecule has 1 aliphatic heterocycles. The number of hydrogen-bond donors (Lipinski definition) is 13. The van der Waals surface area contributed by atoms with Crippen LogP contribution in [-0.2, 0) is 49.6 Å². The molecule has 0 spiro atoms. The maximum Gasteiger partial charge on any atom is 0.245 e. The number of primary amides is 1. The fourth-order valence-electron chi connectivity index (χ4n) is 7.20. The van der Waals surface area contributed by atoms with Crippen molar-refractivity contribution < 1.29 is 53.4 Å². The van der Waals surface area contributed by atoms with Crippen LogP contribution in [0.25, 0.3) is 0 Å². The van der Waals surface area contributed by atoms with Crippen LogP contribution >= 0.6 is 0 Å². The Kier molecular flexibility index (Phi) is 24.4. The monoisotopic (exact) mass is 960 g/mol. The van der Waals surface area contributed by atoms with E-state index >= 15 is 0 Å². The van der Waals surface area contributed by atoms with E-state index in [0.717, 1.165) is 5.56 Å². The molecule has 9 amide bonds. The molecule has 1 fully saturated rings. The zero-order valence-electron chi connectivity index (χ0n) is 39.8. The van der Waals surface area contributed by atoms with E-state index in [1.165, 1.54) is 18.7 Å². The van der Waals surface area contributed by atoms with Crippen molar-refractivity contribution in [3.8, 4) is 0 Å². The van der Waals surface area contributed by atoms with Gasteiger partial charge in [-0.2, -0.15) is 0 Å². The van der Waals surface area contributed by atoms with E-state index in [-0.39, 0.29) is 57.1 Å². The summed E-state index contributed by atoms with van der Waals surface area (Å²) in [5, 5.41) is 37.2. The second-order valence-electron chi connectivity index (χ2n) is 17.4. The van der Waals surface area contributed by atoms with Gasteiger partial charge in [0.15, 0.2) is 5.96 Å². The Hall–Kier alpha value is -6.40. The molecule has 10 atom stereocenters. The summed E-state index contributed by atoms with van der Waals surface area (Å²) in [4.78, 5) is 125. The van der Waals surface area contributed by atoms with E-state index in [1.807, 2.05) is 13.8 Å². The number of guanidine groups is 1. The van der Waals surface area contributed by atoms with E-state index in [1.54, 1.807) is 44.2 Å². The zero-order valence-corrected chi connectivity index (χ0v) is 39.8. The number of hydrogen-bond acceptors (Lipinski definition) is 13. The first-order chi connectivity index (χ1) is 32.0. The summed E-state index contributed by atoms with van der Waals surface area (Å²) in [6.07, 6.45) is 1.53. The molecule has 24 nitrogen and oxygen atoms in total. The molecule has 1 aliphatic rings. The number of benzene rings is 1. The first kappa shape index (κ1) is 57.7. The van der Waals surface area contributed by atoms with Crippen LogP contribution in [0.2, 0.25) is 0 Å². The largest absolute Gasteiger partial charge is 0.394 e. The number of likely N-dealkylation sites (tertiary alicyclic amines) is 1. The van der Waals surface area contributed by atoms with Crippen LogP contribution in [0.4, 0.5) is 0 Å². The molecule has 17 N–H and O–H groups in total. The number of nitrogens with two attached hydrogens (primary N) is 4. The van der Waals surface area contributed by atoms with Gasteiger partial charge in [0.05, 0.1) is 19.3 Å². The lowest BCUT2D eigenvalue weighted by molar-refractivity contribution is -0.142. The summed E-state index contributed by atoms with van der Waals surface area (Å²) in [6, 6.07) is -2.24. The highest BCUT2D eigenvalue weighted by atomic mass is 16.3. The number of nitrogens with one attached hydrogen (secondary N) is 7. The fourth-order valence-corrected chi connectivity index (χ4v) is 7.20. The maximum absolute atomic E-state index is 14.1. The van der Waals surface area contributed by atoms with E-state index in [4.69, 9.17) is 22.9 Å². The normalized spacial score (nSPS) is 17.3. The number of nitrogens with zero attached hydrogens (tertiary/aromatic N) is 2. The zero-order chi connectivity index (χ0) is 51.2. The van der Waals surface area contributed by atoms with Gasteiger partial charge in [-0.25, -0.2) is 0 Å². The highest BCUT2D eigenvalue weighted by molar-refractivity contribution is 5.98. The Morgan fingerprint density at radius 1 is 0.706 bits per heavy atom. The number of aliphatic imine (C=N–C) groups is 1. The van der Waals surface area contributed by atoms with Gasteiger partial charge in [0.1, 0.15) is 48.3 Å². The molecule has 0 saturated carbocycles. The Morgan fingerprint density at radius 2 is 1.25 bits per heavy atom. The summed E-state index contributed by atoms with van der Waals surface area (Å²) in [5.41, 5.74) is 22.8. The van der Waals surface area contributed by atoms with Gasteiger partial charge in [-0.3, -0.25) is 48.1 Å². The third kappa shape index (κ3) is 18.7. The molecule has 380 valence electrons. The van der Waals surface area contributed by atoms with Crippen molar-refractivity contribution in [1.82, 2.24) is 42.1 Å². The van der Waals surface area contributed by atoms with Crippen LogP contribution in [0.5, 0.6) is 0 Å². The number of rotatable bonds is 28. The molecule has 0 aliphatic carbocycles. The highest BCUT2D eigenvalue weighted by Gasteiger charge is 2.40. The topological polar surface area (TPSA) is 398 Å². The Morgan fingerprint density at radius 3 is 1.79 bits per heavy atom. The molecule has 68 heavy (non-hydrogen) atoms. The standard InChI is InChI=1S/C44H73N13O11/c1-7-24(4)34(42(67)51-28(15-11-17-49-44(47)48)37(62)52-29(35(46)60)20-27-13-9-8-10-14-27)56-38(63)30(19-23(2)3)53-41(66)33-16-12-18-57(33)43(68)26(6)50-39(64)31(21-58)55-40(65)32(22-59)54-36(61)25(5)45/h8-10,13-14,23-26,28-34,58-59H,7,11-12,15-22,45H2,1-6H3,(H2,46,60)(H,50,64)(H,51,67)(H,52,62)(H,53,66)(H,54,61)(H,55,65)(H,56,63)(H4,47,48,49)/t24-,25-,26-,28-,29-,30-,31-,32-,33-,34-/m0/s1. The molecule has 24 heteroatoms. The maximum atomic E-state index is 14.1. The number of aliphatic hydroxyl groups excluding tert-OH is 2. The lowest BCUT2D eigenvalue weighted by Crippen LogP contribution is -2.61. The minimum absolute atomic E-state index is 0.0386. The van der Waals surface area contributed by atoms with Gasteiger partial charge in [0.25, 0.3) is 0 Å². The predicted octanol–water partition coefficient (Wildman–Crippen LogP) is -4.40. The molecule has 1 saturated heterocycles. The van der Waals surface area contributed by atoms with Gasteiger partial charge < -0.3 is 75.3 Å². The number of carbonyl (C=O) groups is 9. The van der Waals surface area contributed by atoms with Gasteiger partial charge >= 0.3 is 0 Å². The van der Waals surface area contributed by atoms with Crippen molar-refractivity contribution in [2.24, 2.45) is 39.8 Å². The smallest absolute Gasteiger partial charge is 0.245 e. The van der Waals surface area contributed by atoms with Gasteiger partial charge in [-0.15, -0.1) is 0 Å². The van der Waals surface area contributed by atoms with Crippen LogP contribution in [0.1, 0.15) is 85.6 Å². The second-order valence-corrected chi connectivity index (χ2v) is 17.4. The molecular weight excluding hydrogens is 887 g/mol. The van der Waals surface area contributed by atoms with Crippen LogP contribution in [0.15, 0.2) is 35.3 Å². The molecule has 1 aromatic rings. The van der Waals surface area contributed by atoms with Gasteiger partial charge in [-0.1, -0.05) is 64.4 Å². The van der Waals surface area contributed by atoms with E-state index < -0.39 is 127 Å². The lowest BCUT2D eigenvalue weighted by Gasteiger charge is -2.31. The average Bonchev–Trinajstić information content (AvgIpc) is 3.79. The van der Waals surface area contributed by atoms with Crippen molar-refractivity contribution in [3.63, 3.8) is 0 Å². The molecule has 1 heterocycles. The Labute approximate surface area is 396 Å². The minimum Gasteiger partial charge on any atom is -0.394 e. The van der Waals surface area contributed by atoms with Crippen LogP contribution < -0.4 is 60.2 Å². The van der Waals surface area contributed by atoms with E-state index in [0.29, 0.717) is 12.8 Å². The molecule has 0 radical (unpaired) electrons. The first-order valence-corrected chi connectivity index (χ1v) is 22.8. The third-order valence-corrected chi connectivity index (χ3v) is 11.3. The van der Waals surface area contributed by atoms with Crippen molar-refractivity contribution in [2.75, 3.05) is 26.3 Å². The Balaban J connectivity index is 2.25. The SMILES string of the molecule is CC[C@H](C)[C@H](NC(=O)[C@H](CC(C)C)NC(=O)[C@@H]1CCCN1C(=O)[C@H](C)NC(=O)[C@H](CO)NC(=O)[C@H](CO)NC(=O)[C@H](C)N)C(=O)N[C@@H](CCCN=C(N)N)C(=O)N[C@@H](Cc1ccccc1)C(N)=O. The third-order valence-electron chi connectivity index (χ3n) is 11.3. The quantitative estimate of drug-likeness (QED) is 0.0214. The van der Waals surface area contributed by atoms with Gasteiger partial charge in [0, 0.05) is 19.5 Å². The van der Waals surface area contributed by atoms with Crippen LogP contribution in [-0.4, -0.2) is 155 Å². The summed E-state index contributed by atoms with van der Waals surface area (Å²) in [6.45, 7) is 8.38. The van der Waals surface area contributed by atoms with Gasteiger partial charge in [-0.05, 0) is 63.4 Å². The molecule has 0 unspecified atom stereocenters. The Bertz CT molecular complexity index is 1920. The van der Waals surface area contributed by atoms with E-state index in [9.17, 15) is 53.4 Å². The number of aliphatic hydroxyl groups is 2. The molecule has 0 bridgehead atoms. The van der Waals surface area contributed by atoms with Crippen LogP contribution in [0, 0.1) is 11.8 Å². The average molecular weight is 960 g/mol. The van der Waals surface area contributed by atoms with Gasteiger partial charge in [0.2, 0.25) is 53.2 Å². The lowest BCUT2D eigenvalue weighted by atomic mass is 9.96. The molecular formula is C44H73N13O11. The summed E-state index contributed by atoms with van der Waals surface area (Å²) >= 11 is 0.